The zero-order valence-corrected chi connectivity index (χ0v) is 21.7. The maximum absolute atomic E-state index is 13.0. The summed E-state index contributed by atoms with van der Waals surface area (Å²) in [6, 6.07) is 10.9. The molecule has 9 nitrogen and oxygen atoms in total. The highest BCUT2D eigenvalue weighted by Gasteiger charge is 2.31. The minimum atomic E-state index is -0.747. The molecule has 0 N–H and O–H groups in total. The summed E-state index contributed by atoms with van der Waals surface area (Å²) in [6.07, 6.45) is 1.18. The Balaban J connectivity index is 2.08. The SMILES string of the molecule is CC[C@H](C)[C@@H](Oc1ccccc1)[C@H](C)OC(=O)[C@H](C)CC(=O)c1nccc(OC)c1OCOC(C)=O. The number of pyridine rings is 1. The number of aromatic nitrogens is 1. The molecule has 2 aromatic rings. The van der Waals surface area contributed by atoms with Gasteiger partial charge in [0.2, 0.25) is 6.79 Å². The number of Topliss-reactive ketones (excluding diaryl/α,β-unsaturated/α-hetero) is 1. The molecule has 0 saturated carbocycles. The van der Waals surface area contributed by atoms with Crippen molar-refractivity contribution in [2.24, 2.45) is 11.8 Å². The molecular weight excluding hydrogens is 466 g/mol. The molecule has 1 aromatic carbocycles. The monoisotopic (exact) mass is 501 g/mol. The second-order valence-electron chi connectivity index (χ2n) is 8.54. The largest absolute Gasteiger partial charge is 0.493 e. The highest BCUT2D eigenvalue weighted by atomic mass is 16.7. The van der Waals surface area contributed by atoms with E-state index in [1.165, 1.54) is 26.3 Å². The summed E-state index contributed by atoms with van der Waals surface area (Å²) in [7, 11) is 1.41. The fourth-order valence-corrected chi connectivity index (χ4v) is 3.49. The van der Waals surface area contributed by atoms with Crippen LogP contribution in [0.2, 0.25) is 0 Å². The number of carbonyl (C=O) groups is 3. The van der Waals surface area contributed by atoms with Gasteiger partial charge in [-0.15, -0.1) is 0 Å². The number of benzene rings is 1. The number of nitrogens with zero attached hydrogens (tertiary/aromatic N) is 1. The van der Waals surface area contributed by atoms with Gasteiger partial charge in [-0.1, -0.05) is 39.0 Å². The molecule has 0 aliphatic heterocycles. The van der Waals surface area contributed by atoms with E-state index in [0.717, 1.165) is 6.42 Å². The first-order valence-corrected chi connectivity index (χ1v) is 11.9. The Kier molecular flexibility index (Phi) is 11.2. The van der Waals surface area contributed by atoms with Crippen molar-refractivity contribution in [2.45, 2.75) is 59.7 Å². The Morgan fingerprint density at radius 3 is 2.33 bits per heavy atom. The number of para-hydroxylation sites is 1. The minimum Gasteiger partial charge on any atom is -0.493 e. The van der Waals surface area contributed by atoms with Crippen molar-refractivity contribution < 1.29 is 38.1 Å². The van der Waals surface area contributed by atoms with E-state index in [1.807, 2.05) is 44.2 Å². The van der Waals surface area contributed by atoms with E-state index in [2.05, 4.69) is 4.98 Å². The van der Waals surface area contributed by atoms with Crippen LogP contribution in [0.25, 0.3) is 0 Å². The molecule has 0 saturated heterocycles. The van der Waals surface area contributed by atoms with Crippen LogP contribution < -0.4 is 14.2 Å². The van der Waals surface area contributed by atoms with Crippen molar-refractivity contribution in [3.05, 3.63) is 48.3 Å². The Morgan fingerprint density at radius 1 is 1.03 bits per heavy atom. The lowest BCUT2D eigenvalue weighted by atomic mass is 9.97. The fraction of sp³-hybridized carbons (Fsp3) is 0.481. The van der Waals surface area contributed by atoms with Crippen molar-refractivity contribution in [1.82, 2.24) is 4.98 Å². The number of hydrogen-bond acceptors (Lipinski definition) is 9. The van der Waals surface area contributed by atoms with E-state index in [0.29, 0.717) is 5.75 Å². The van der Waals surface area contributed by atoms with Crippen LogP contribution in [0, 0.1) is 11.8 Å². The molecule has 0 unspecified atom stereocenters. The lowest BCUT2D eigenvalue weighted by molar-refractivity contribution is -0.158. The minimum absolute atomic E-state index is 0.0286. The van der Waals surface area contributed by atoms with Crippen LogP contribution >= 0.6 is 0 Å². The van der Waals surface area contributed by atoms with Gasteiger partial charge in [0.15, 0.2) is 23.0 Å². The maximum atomic E-state index is 13.0. The Morgan fingerprint density at radius 2 is 1.72 bits per heavy atom. The van der Waals surface area contributed by atoms with Crippen LogP contribution in [0.3, 0.4) is 0 Å². The van der Waals surface area contributed by atoms with Gasteiger partial charge in [0.25, 0.3) is 0 Å². The van der Waals surface area contributed by atoms with Crippen molar-refractivity contribution in [1.29, 1.82) is 0 Å². The highest BCUT2D eigenvalue weighted by Crippen LogP contribution is 2.31. The van der Waals surface area contributed by atoms with Crippen LogP contribution in [0.15, 0.2) is 42.6 Å². The van der Waals surface area contributed by atoms with Crippen LogP contribution in [0.5, 0.6) is 17.2 Å². The molecule has 0 aliphatic rings. The van der Waals surface area contributed by atoms with Gasteiger partial charge in [0.1, 0.15) is 18.0 Å². The molecule has 1 aromatic heterocycles. The average molecular weight is 502 g/mol. The van der Waals surface area contributed by atoms with Crippen LogP contribution in [-0.4, -0.2) is 48.8 Å². The number of ketones is 1. The number of rotatable bonds is 14. The molecule has 36 heavy (non-hydrogen) atoms. The molecule has 0 amide bonds. The molecule has 0 radical (unpaired) electrons. The first-order chi connectivity index (χ1) is 17.2. The van der Waals surface area contributed by atoms with Gasteiger partial charge in [-0.05, 0) is 31.4 Å². The summed E-state index contributed by atoms with van der Waals surface area (Å²) < 4.78 is 27.3. The number of ether oxygens (including phenoxy) is 5. The zero-order chi connectivity index (χ0) is 26.7. The second kappa shape index (κ2) is 14.1. The standard InChI is InChI=1S/C27H35NO8/c1-7-17(2)25(36-21-11-9-8-10-12-21)19(4)35-27(31)18(3)15-22(30)24-26(34-16-33-20(5)29)23(32-6)13-14-28-24/h8-14,17-19,25H,7,15-16H2,1-6H3/t17-,18+,19-,25+/m0/s1. The number of esters is 2. The summed E-state index contributed by atoms with van der Waals surface area (Å²) in [5.41, 5.74) is -0.0286. The first-order valence-electron chi connectivity index (χ1n) is 11.9. The summed E-state index contributed by atoms with van der Waals surface area (Å²) in [5.74, 6) is -1.14. The van der Waals surface area contributed by atoms with Gasteiger partial charge < -0.3 is 23.7 Å². The molecule has 196 valence electrons. The third-order valence-corrected chi connectivity index (χ3v) is 5.70. The summed E-state index contributed by atoms with van der Waals surface area (Å²) >= 11 is 0. The van der Waals surface area contributed by atoms with E-state index in [4.69, 9.17) is 23.7 Å². The molecule has 2 rings (SSSR count). The smallest absolute Gasteiger partial charge is 0.309 e. The Hall–Kier alpha value is -3.62. The van der Waals surface area contributed by atoms with Crippen molar-refractivity contribution >= 4 is 17.7 Å². The zero-order valence-electron chi connectivity index (χ0n) is 21.7. The molecule has 0 bridgehead atoms. The van der Waals surface area contributed by atoms with Gasteiger partial charge in [0.05, 0.1) is 13.0 Å². The van der Waals surface area contributed by atoms with Gasteiger partial charge >= 0.3 is 11.9 Å². The van der Waals surface area contributed by atoms with E-state index in [1.54, 1.807) is 13.8 Å². The summed E-state index contributed by atoms with van der Waals surface area (Å²) in [5, 5.41) is 0. The average Bonchev–Trinajstić information content (AvgIpc) is 2.86. The normalized spacial score (nSPS) is 14.1. The first kappa shape index (κ1) is 28.6. The highest BCUT2D eigenvalue weighted by molar-refractivity contribution is 5.99. The van der Waals surface area contributed by atoms with E-state index < -0.39 is 36.5 Å². The molecular formula is C27H35NO8. The maximum Gasteiger partial charge on any atom is 0.309 e. The summed E-state index contributed by atoms with van der Waals surface area (Å²) in [4.78, 5) is 41.1. The third-order valence-electron chi connectivity index (χ3n) is 5.70. The van der Waals surface area contributed by atoms with Crippen molar-refractivity contribution in [3.8, 4) is 17.2 Å². The van der Waals surface area contributed by atoms with E-state index >= 15 is 0 Å². The third kappa shape index (κ3) is 8.25. The molecule has 0 aliphatic carbocycles. The predicted octanol–water partition coefficient (Wildman–Crippen LogP) is 4.62. The summed E-state index contributed by atoms with van der Waals surface area (Å²) in [6.45, 7) is 8.31. The molecule has 4 atom stereocenters. The van der Waals surface area contributed by atoms with Crippen LogP contribution in [0.4, 0.5) is 0 Å². The fourth-order valence-electron chi connectivity index (χ4n) is 3.49. The molecule has 0 spiro atoms. The molecule has 9 heteroatoms. The van der Waals surface area contributed by atoms with Crippen molar-refractivity contribution in [2.75, 3.05) is 13.9 Å². The Labute approximate surface area is 212 Å². The Bertz CT molecular complexity index is 1010. The topological polar surface area (TPSA) is 110 Å². The van der Waals surface area contributed by atoms with Crippen LogP contribution in [-0.2, 0) is 19.1 Å². The van der Waals surface area contributed by atoms with Crippen molar-refractivity contribution in [3.63, 3.8) is 0 Å². The number of methoxy groups -OCH3 is 1. The van der Waals surface area contributed by atoms with Crippen LogP contribution in [0.1, 0.15) is 57.9 Å². The number of carbonyl (C=O) groups excluding carboxylic acids is 3. The molecule has 1 heterocycles. The lowest BCUT2D eigenvalue weighted by Gasteiger charge is -2.30. The molecule has 0 fully saturated rings. The van der Waals surface area contributed by atoms with Gasteiger partial charge in [-0.25, -0.2) is 4.98 Å². The number of hydrogen-bond donors (Lipinski definition) is 0. The quantitative estimate of drug-likeness (QED) is 0.208. The second-order valence-corrected chi connectivity index (χ2v) is 8.54. The van der Waals surface area contributed by atoms with E-state index in [-0.39, 0.29) is 35.6 Å². The van der Waals surface area contributed by atoms with E-state index in [9.17, 15) is 14.4 Å². The van der Waals surface area contributed by atoms with Gasteiger partial charge in [-0.3, -0.25) is 14.4 Å². The van der Waals surface area contributed by atoms with Gasteiger partial charge in [0, 0.05) is 25.6 Å². The lowest BCUT2D eigenvalue weighted by Crippen LogP contribution is -2.39. The predicted molar refractivity (Wildman–Crippen MR) is 132 cm³/mol. The van der Waals surface area contributed by atoms with Gasteiger partial charge in [-0.2, -0.15) is 0 Å².